The van der Waals surface area contributed by atoms with E-state index in [1.807, 2.05) is 37.5 Å². The van der Waals surface area contributed by atoms with E-state index in [1.165, 1.54) is 24.2 Å². The average Bonchev–Trinajstić information content (AvgIpc) is 3.22. The number of fused-ring (bicyclic) bond motifs is 2. The molecule has 0 bridgehead atoms. The molecule has 0 fully saturated rings. The first kappa shape index (κ1) is 19.7. The molecule has 158 valence electrons. The predicted octanol–water partition coefficient (Wildman–Crippen LogP) is 4.58. The largest absolute Gasteiger partial charge is 0.494 e. The zero-order chi connectivity index (χ0) is 22.2. The minimum absolute atomic E-state index is 0.182. The third-order valence-electron chi connectivity index (χ3n) is 5.65. The standard InChI is InChI=1S/C25H20N4O3/c1-29-12-10-18-13-17(7-8-21(18)29)15-3-5-16(6-4-15)23-24(32-2)22(25(30)28-31)19-14-26-11-9-20(19)27-23/h3-14,31H,1-2H3,(H,28,30). The van der Waals surface area contributed by atoms with E-state index in [9.17, 15) is 10.0 Å². The first-order chi connectivity index (χ1) is 15.6. The fourth-order valence-corrected chi connectivity index (χ4v) is 4.05. The van der Waals surface area contributed by atoms with Gasteiger partial charge in [-0.2, -0.15) is 0 Å². The van der Waals surface area contributed by atoms with Crippen LogP contribution in [0.4, 0.5) is 0 Å². The van der Waals surface area contributed by atoms with Crippen LogP contribution >= 0.6 is 0 Å². The Balaban J connectivity index is 1.63. The van der Waals surface area contributed by atoms with Crippen LogP contribution in [0.3, 0.4) is 0 Å². The van der Waals surface area contributed by atoms with Crippen molar-refractivity contribution in [1.29, 1.82) is 0 Å². The van der Waals surface area contributed by atoms with Crippen molar-refractivity contribution in [1.82, 2.24) is 20.0 Å². The Bertz CT molecular complexity index is 1470. The lowest BCUT2D eigenvalue weighted by Crippen LogP contribution is -2.20. The number of carbonyl (C=O) groups excluding carboxylic acids is 1. The topological polar surface area (TPSA) is 89.3 Å². The van der Waals surface area contributed by atoms with Crippen molar-refractivity contribution >= 4 is 27.7 Å². The molecule has 0 saturated carbocycles. The molecule has 32 heavy (non-hydrogen) atoms. The summed E-state index contributed by atoms with van der Waals surface area (Å²) in [5, 5.41) is 10.9. The molecule has 0 spiro atoms. The summed E-state index contributed by atoms with van der Waals surface area (Å²) in [5.74, 6) is -0.410. The number of aryl methyl sites for hydroxylation is 1. The molecular formula is C25H20N4O3. The molecule has 0 saturated heterocycles. The Hall–Kier alpha value is -4.23. The maximum atomic E-state index is 12.4. The number of hydrogen-bond donors (Lipinski definition) is 2. The van der Waals surface area contributed by atoms with Crippen LogP contribution in [0.2, 0.25) is 0 Å². The number of ether oxygens (including phenoxy) is 1. The molecule has 0 aliphatic carbocycles. The van der Waals surface area contributed by atoms with Crippen LogP contribution in [0.1, 0.15) is 10.4 Å². The Morgan fingerprint density at radius 1 is 1.03 bits per heavy atom. The number of aromatic nitrogens is 3. The molecule has 2 aromatic carbocycles. The number of pyridine rings is 2. The number of carbonyl (C=O) groups is 1. The van der Waals surface area contributed by atoms with Gasteiger partial charge in [0.25, 0.3) is 5.91 Å². The van der Waals surface area contributed by atoms with Crippen molar-refractivity contribution in [3.05, 3.63) is 78.8 Å². The average molecular weight is 424 g/mol. The molecule has 0 aliphatic heterocycles. The van der Waals surface area contributed by atoms with Crippen molar-refractivity contribution in [3.63, 3.8) is 0 Å². The molecule has 0 aliphatic rings. The maximum absolute atomic E-state index is 12.4. The van der Waals surface area contributed by atoms with Crippen LogP contribution in [0.25, 0.3) is 44.2 Å². The van der Waals surface area contributed by atoms with Crippen LogP contribution in [0, 0.1) is 0 Å². The lowest BCUT2D eigenvalue weighted by atomic mass is 9.99. The quantitative estimate of drug-likeness (QED) is 0.326. The van der Waals surface area contributed by atoms with E-state index in [2.05, 4.69) is 33.8 Å². The summed E-state index contributed by atoms with van der Waals surface area (Å²) in [7, 11) is 3.50. The number of hydroxylamine groups is 1. The molecule has 5 aromatic rings. The van der Waals surface area contributed by atoms with Gasteiger partial charge in [-0.25, -0.2) is 10.5 Å². The smallest absolute Gasteiger partial charge is 0.279 e. The van der Waals surface area contributed by atoms with E-state index in [0.29, 0.717) is 16.6 Å². The summed E-state index contributed by atoms with van der Waals surface area (Å²) in [4.78, 5) is 21.2. The minimum Gasteiger partial charge on any atom is -0.494 e. The van der Waals surface area contributed by atoms with Crippen LogP contribution in [0.15, 0.2) is 73.2 Å². The lowest BCUT2D eigenvalue weighted by Gasteiger charge is -2.15. The van der Waals surface area contributed by atoms with Crippen molar-refractivity contribution < 1.29 is 14.7 Å². The van der Waals surface area contributed by atoms with Gasteiger partial charge in [-0.05, 0) is 35.4 Å². The molecular weight excluding hydrogens is 404 g/mol. The first-order valence-corrected chi connectivity index (χ1v) is 10.0. The number of rotatable bonds is 4. The molecule has 7 nitrogen and oxygen atoms in total. The second-order valence-electron chi connectivity index (χ2n) is 7.48. The normalized spacial score (nSPS) is 11.1. The van der Waals surface area contributed by atoms with Crippen molar-refractivity contribution in [2.75, 3.05) is 7.11 Å². The van der Waals surface area contributed by atoms with E-state index < -0.39 is 5.91 Å². The summed E-state index contributed by atoms with van der Waals surface area (Å²) in [6, 6.07) is 18.1. The van der Waals surface area contributed by atoms with Crippen molar-refractivity contribution in [2.45, 2.75) is 0 Å². The first-order valence-electron chi connectivity index (χ1n) is 10.0. The summed E-state index contributed by atoms with van der Waals surface area (Å²) in [6.45, 7) is 0. The zero-order valence-electron chi connectivity index (χ0n) is 17.5. The van der Waals surface area contributed by atoms with Gasteiger partial charge in [-0.15, -0.1) is 0 Å². The Kier molecular flexibility index (Phi) is 4.80. The predicted molar refractivity (Wildman–Crippen MR) is 123 cm³/mol. The van der Waals surface area contributed by atoms with Gasteiger partial charge in [0.05, 0.1) is 18.2 Å². The van der Waals surface area contributed by atoms with Gasteiger partial charge in [0.15, 0.2) is 5.75 Å². The molecule has 5 rings (SSSR count). The van der Waals surface area contributed by atoms with E-state index in [-0.39, 0.29) is 11.3 Å². The molecule has 3 heterocycles. The maximum Gasteiger partial charge on any atom is 0.279 e. The van der Waals surface area contributed by atoms with E-state index >= 15 is 0 Å². The summed E-state index contributed by atoms with van der Waals surface area (Å²) in [5.41, 5.74) is 7.11. The highest BCUT2D eigenvalue weighted by Crippen LogP contribution is 2.37. The van der Waals surface area contributed by atoms with Gasteiger partial charge in [0.1, 0.15) is 5.69 Å². The highest BCUT2D eigenvalue weighted by atomic mass is 16.5. The Labute approximate surface area is 183 Å². The van der Waals surface area contributed by atoms with Gasteiger partial charge in [0, 0.05) is 47.5 Å². The van der Waals surface area contributed by atoms with Crippen molar-refractivity contribution in [2.24, 2.45) is 7.05 Å². The molecule has 0 unspecified atom stereocenters. The highest BCUT2D eigenvalue weighted by Gasteiger charge is 2.22. The van der Waals surface area contributed by atoms with Crippen molar-refractivity contribution in [3.8, 4) is 28.1 Å². The number of hydrogen-bond acceptors (Lipinski definition) is 5. The second-order valence-corrected chi connectivity index (χ2v) is 7.48. The Morgan fingerprint density at radius 3 is 2.53 bits per heavy atom. The lowest BCUT2D eigenvalue weighted by molar-refractivity contribution is 0.0705. The van der Waals surface area contributed by atoms with Crippen LogP contribution < -0.4 is 10.2 Å². The van der Waals surface area contributed by atoms with Crippen LogP contribution in [-0.4, -0.2) is 32.8 Å². The summed E-state index contributed by atoms with van der Waals surface area (Å²) < 4.78 is 7.66. The molecule has 3 aromatic heterocycles. The third kappa shape index (κ3) is 3.16. The number of amides is 1. The minimum atomic E-state index is -0.684. The van der Waals surface area contributed by atoms with Gasteiger partial charge in [-0.3, -0.25) is 15.0 Å². The van der Waals surface area contributed by atoms with Crippen LogP contribution in [-0.2, 0) is 7.05 Å². The van der Waals surface area contributed by atoms with Gasteiger partial charge >= 0.3 is 0 Å². The van der Waals surface area contributed by atoms with Gasteiger partial charge in [0.2, 0.25) is 0 Å². The number of benzene rings is 2. The zero-order valence-corrected chi connectivity index (χ0v) is 17.5. The van der Waals surface area contributed by atoms with Gasteiger partial charge in [-0.1, -0.05) is 30.3 Å². The van der Waals surface area contributed by atoms with E-state index in [0.717, 1.165) is 16.7 Å². The second kappa shape index (κ2) is 7.79. The molecule has 1 amide bonds. The third-order valence-corrected chi connectivity index (χ3v) is 5.65. The fourth-order valence-electron chi connectivity index (χ4n) is 4.05. The summed E-state index contributed by atoms with van der Waals surface area (Å²) >= 11 is 0. The number of nitrogens with zero attached hydrogens (tertiary/aromatic N) is 3. The van der Waals surface area contributed by atoms with E-state index in [4.69, 9.17) is 9.72 Å². The molecule has 7 heteroatoms. The molecule has 2 N–H and O–H groups in total. The monoisotopic (exact) mass is 424 g/mol. The summed E-state index contributed by atoms with van der Waals surface area (Å²) in [6.07, 6.45) is 5.18. The van der Waals surface area contributed by atoms with Crippen LogP contribution in [0.5, 0.6) is 5.75 Å². The van der Waals surface area contributed by atoms with Gasteiger partial charge < -0.3 is 9.30 Å². The fraction of sp³-hybridized carbons (Fsp3) is 0.0800. The SMILES string of the molecule is COc1c(-c2ccc(-c3ccc4c(ccn4C)c3)cc2)nc2ccncc2c1C(=O)NO. The Morgan fingerprint density at radius 2 is 1.78 bits per heavy atom. The number of methoxy groups -OCH3 is 1. The van der Waals surface area contributed by atoms with E-state index in [1.54, 1.807) is 17.7 Å². The highest BCUT2D eigenvalue weighted by molar-refractivity contribution is 6.09. The molecule has 0 atom stereocenters. The molecule has 0 radical (unpaired) electrons. The number of nitrogens with one attached hydrogen (secondary N) is 1.